The minimum atomic E-state index is -0.377. The number of pyridine rings is 1. The van der Waals surface area contributed by atoms with Gasteiger partial charge in [-0.3, -0.25) is 0 Å². The van der Waals surface area contributed by atoms with E-state index in [9.17, 15) is 4.39 Å². The van der Waals surface area contributed by atoms with Gasteiger partial charge in [-0.2, -0.15) is 0 Å². The lowest BCUT2D eigenvalue weighted by atomic mass is 10.1. The first kappa shape index (κ1) is 21.9. The highest BCUT2D eigenvalue weighted by Gasteiger charge is 2.12. The highest BCUT2D eigenvalue weighted by atomic mass is 35.5. The van der Waals surface area contributed by atoms with Crippen molar-refractivity contribution in [3.63, 3.8) is 0 Å². The molecule has 0 aliphatic rings. The maximum Gasteiger partial charge on any atom is 0.213 e. The molecule has 0 radical (unpaired) electrons. The summed E-state index contributed by atoms with van der Waals surface area (Å²) in [4.78, 5) is 4.13. The van der Waals surface area contributed by atoms with Crippen LogP contribution in [0.15, 0.2) is 60.8 Å². The van der Waals surface area contributed by atoms with Gasteiger partial charge < -0.3 is 19.5 Å². The molecule has 3 rings (SSSR count). The molecule has 30 heavy (non-hydrogen) atoms. The quantitative estimate of drug-likeness (QED) is 0.433. The predicted molar refractivity (Wildman–Crippen MR) is 115 cm³/mol. The number of nitrogens with one attached hydrogen (secondary N) is 1. The van der Waals surface area contributed by atoms with Crippen LogP contribution in [0.5, 0.6) is 17.4 Å². The number of ether oxygens (including phenoxy) is 3. The predicted octanol–water partition coefficient (Wildman–Crippen LogP) is 5.02. The van der Waals surface area contributed by atoms with Gasteiger partial charge in [0.2, 0.25) is 5.88 Å². The second kappa shape index (κ2) is 11.4. The van der Waals surface area contributed by atoms with E-state index >= 15 is 0 Å². The topological polar surface area (TPSA) is 52.6 Å². The number of nitrogens with zero attached hydrogens (tertiary/aromatic N) is 1. The first-order chi connectivity index (χ1) is 14.7. The van der Waals surface area contributed by atoms with Crippen LogP contribution in [-0.2, 0) is 13.2 Å². The summed E-state index contributed by atoms with van der Waals surface area (Å²) in [6.45, 7) is 2.17. The van der Waals surface area contributed by atoms with Gasteiger partial charge in [0, 0.05) is 29.9 Å². The molecule has 0 bridgehead atoms. The number of rotatable bonds is 11. The summed E-state index contributed by atoms with van der Waals surface area (Å²) >= 11 is 6.11. The van der Waals surface area contributed by atoms with Crippen LogP contribution in [0.1, 0.15) is 17.5 Å². The Balaban J connectivity index is 1.53. The number of para-hydroxylation sites is 1. The van der Waals surface area contributed by atoms with E-state index in [4.69, 9.17) is 25.8 Å². The standard InChI is InChI=1S/C23H24ClFN2O3/c1-28-21-7-4-6-17(15-26-11-5-13-29-22-8-2-3-12-27-22)23(21)30-16-18-9-10-19(25)14-20(18)24/h2-4,6-10,12,14,26H,5,11,13,15-16H2,1H3. The molecule has 3 aromatic rings. The van der Waals surface area contributed by atoms with E-state index < -0.39 is 0 Å². The normalized spacial score (nSPS) is 10.6. The Bertz CT molecular complexity index is 941. The third-order valence-corrected chi connectivity index (χ3v) is 4.72. The van der Waals surface area contributed by atoms with Crippen molar-refractivity contribution >= 4 is 11.6 Å². The van der Waals surface area contributed by atoms with Crippen LogP contribution >= 0.6 is 11.6 Å². The third-order valence-electron chi connectivity index (χ3n) is 4.37. The largest absolute Gasteiger partial charge is 0.493 e. The Morgan fingerprint density at radius 3 is 2.70 bits per heavy atom. The number of hydrogen-bond donors (Lipinski definition) is 1. The molecule has 0 fully saturated rings. The first-order valence-corrected chi connectivity index (χ1v) is 10.0. The molecule has 2 aromatic carbocycles. The minimum absolute atomic E-state index is 0.213. The number of hydrogen-bond acceptors (Lipinski definition) is 5. The SMILES string of the molecule is COc1cccc(CNCCCOc2ccccn2)c1OCc1ccc(F)cc1Cl. The van der Waals surface area contributed by atoms with Crippen molar-refractivity contribution in [2.75, 3.05) is 20.3 Å². The van der Waals surface area contributed by atoms with E-state index in [0.29, 0.717) is 41.1 Å². The van der Waals surface area contributed by atoms with Crippen molar-refractivity contribution in [2.24, 2.45) is 0 Å². The molecule has 158 valence electrons. The molecule has 0 amide bonds. The Hall–Kier alpha value is -2.83. The zero-order valence-electron chi connectivity index (χ0n) is 16.7. The molecule has 0 atom stereocenters. The van der Waals surface area contributed by atoms with Crippen LogP contribution in [0.3, 0.4) is 0 Å². The summed E-state index contributed by atoms with van der Waals surface area (Å²) in [7, 11) is 1.60. The van der Waals surface area contributed by atoms with Crippen LogP contribution in [0.25, 0.3) is 0 Å². The molecule has 1 aromatic heterocycles. The van der Waals surface area contributed by atoms with Gasteiger partial charge in [0.15, 0.2) is 11.5 Å². The van der Waals surface area contributed by atoms with Crippen LogP contribution in [0.2, 0.25) is 5.02 Å². The van der Waals surface area contributed by atoms with Gasteiger partial charge in [0.05, 0.1) is 18.7 Å². The van der Waals surface area contributed by atoms with Crippen LogP contribution in [0, 0.1) is 5.82 Å². The van der Waals surface area contributed by atoms with E-state index in [-0.39, 0.29) is 12.4 Å². The minimum Gasteiger partial charge on any atom is -0.493 e. The van der Waals surface area contributed by atoms with Crippen molar-refractivity contribution in [3.8, 4) is 17.4 Å². The van der Waals surface area contributed by atoms with E-state index in [1.165, 1.54) is 12.1 Å². The summed E-state index contributed by atoms with van der Waals surface area (Å²) in [6, 6.07) is 15.6. The van der Waals surface area contributed by atoms with Crippen molar-refractivity contribution in [3.05, 3.63) is 82.8 Å². The first-order valence-electron chi connectivity index (χ1n) is 9.64. The number of benzene rings is 2. The van der Waals surface area contributed by atoms with E-state index in [1.807, 2.05) is 36.4 Å². The average Bonchev–Trinajstić information content (AvgIpc) is 2.76. The van der Waals surface area contributed by atoms with E-state index in [1.54, 1.807) is 19.4 Å². The number of aromatic nitrogens is 1. The molecule has 0 aliphatic carbocycles. The summed E-state index contributed by atoms with van der Waals surface area (Å²) in [5.41, 5.74) is 1.66. The second-order valence-corrected chi connectivity index (χ2v) is 6.93. The molecule has 1 heterocycles. The fourth-order valence-electron chi connectivity index (χ4n) is 2.84. The highest BCUT2D eigenvalue weighted by molar-refractivity contribution is 6.31. The smallest absolute Gasteiger partial charge is 0.213 e. The van der Waals surface area contributed by atoms with Gasteiger partial charge in [0.25, 0.3) is 0 Å². The zero-order valence-corrected chi connectivity index (χ0v) is 17.5. The lowest BCUT2D eigenvalue weighted by Crippen LogP contribution is -2.18. The zero-order chi connectivity index (χ0) is 21.2. The summed E-state index contributed by atoms with van der Waals surface area (Å²) in [5.74, 6) is 1.52. The number of halogens is 2. The number of methoxy groups -OCH3 is 1. The maximum absolute atomic E-state index is 13.3. The Morgan fingerprint density at radius 1 is 1.03 bits per heavy atom. The molecule has 0 saturated heterocycles. The lowest BCUT2D eigenvalue weighted by Gasteiger charge is -2.16. The van der Waals surface area contributed by atoms with E-state index in [0.717, 1.165) is 18.5 Å². The average molecular weight is 431 g/mol. The van der Waals surface area contributed by atoms with Gasteiger partial charge >= 0.3 is 0 Å². The van der Waals surface area contributed by atoms with Crippen molar-refractivity contribution in [1.82, 2.24) is 10.3 Å². The summed E-state index contributed by atoms with van der Waals surface area (Å²) in [5, 5.41) is 3.72. The third kappa shape index (κ3) is 6.34. The van der Waals surface area contributed by atoms with Crippen LogP contribution in [-0.4, -0.2) is 25.2 Å². The lowest BCUT2D eigenvalue weighted by molar-refractivity contribution is 0.279. The van der Waals surface area contributed by atoms with Gasteiger partial charge in [0.1, 0.15) is 12.4 Å². The van der Waals surface area contributed by atoms with Gasteiger partial charge in [-0.15, -0.1) is 0 Å². The highest BCUT2D eigenvalue weighted by Crippen LogP contribution is 2.32. The Morgan fingerprint density at radius 2 is 1.93 bits per heavy atom. The second-order valence-electron chi connectivity index (χ2n) is 6.52. The molecular weight excluding hydrogens is 407 g/mol. The molecular formula is C23H24ClFN2O3. The summed E-state index contributed by atoms with van der Waals surface area (Å²) in [6.07, 6.45) is 2.54. The van der Waals surface area contributed by atoms with Crippen molar-refractivity contribution in [2.45, 2.75) is 19.6 Å². The van der Waals surface area contributed by atoms with Crippen molar-refractivity contribution < 1.29 is 18.6 Å². The fourth-order valence-corrected chi connectivity index (χ4v) is 3.06. The molecule has 0 spiro atoms. The molecule has 0 saturated carbocycles. The van der Waals surface area contributed by atoms with Gasteiger partial charge in [-0.05, 0) is 37.2 Å². The fraction of sp³-hybridized carbons (Fsp3) is 0.261. The monoisotopic (exact) mass is 430 g/mol. The molecule has 7 heteroatoms. The van der Waals surface area contributed by atoms with Crippen LogP contribution in [0.4, 0.5) is 4.39 Å². The van der Waals surface area contributed by atoms with E-state index in [2.05, 4.69) is 10.3 Å². The molecule has 0 unspecified atom stereocenters. The van der Waals surface area contributed by atoms with Crippen LogP contribution < -0.4 is 19.5 Å². The Kier molecular flexibility index (Phi) is 8.30. The van der Waals surface area contributed by atoms with Gasteiger partial charge in [-0.1, -0.05) is 35.9 Å². The van der Waals surface area contributed by atoms with Crippen molar-refractivity contribution in [1.29, 1.82) is 0 Å². The molecule has 1 N–H and O–H groups in total. The maximum atomic E-state index is 13.3. The summed E-state index contributed by atoms with van der Waals surface area (Å²) < 4.78 is 30.3. The van der Waals surface area contributed by atoms with Gasteiger partial charge in [-0.25, -0.2) is 9.37 Å². The Labute approximate surface area is 180 Å². The molecule has 5 nitrogen and oxygen atoms in total. The molecule has 0 aliphatic heterocycles.